The molecule has 0 spiro atoms. The molecule has 9 heteroatoms. The molecule has 0 saturated heterocycles. The van der Waals surface area contributed by atoms with E-state index in [1.54, 1.807) is 6.92 Å². The lowest BCUT2D eigenvalue weighted by Gasteiger charge is -2.58. The van der Waals surface area contributed by atoms with Crippen molar-refractivity contribution in [2.24, 2.45) is 28.6 Å². The number of aliphatic hydroxyl groups is 1. The molecule has 2 fully saturated rings. The third kappa shape index (κ3) is 6.14. The summed E-state index contributed by atoms with van der Waals surface area (Å²) in [5, 5.41) is 10.1. The van der Waals surface area contributed by atoms with E-state index in [4.69, 9.17) is 18.9 Å². The summed E-state index contributed by atoms with van der Waals surface area (Å²) in [6.45, 7) is 19.6. The first-order valence-electron chi connectivity index (χ1n) is 14.2. The van der Waals surface area contributed by atoms with Gasteiger partial charge >= 0.3 is 23.9 Å². The van der Waals surface area contributed by atoms with E-state index in [1.165, 1.54) is 27.7 Å². The van der Waals surface area contributed by atoms with E-state index >= 15 is 0 Å². The predicted octanol–water partition coefficient (Wildman–Crippen LogP) is 4.45. The van der Waals surface area contributed by atoms with Crippen LogP contribution in [0.25, 0.3) is 0 Å². The number of carbonyl (C=O) groups excluding carboxylic acids is 4. The van der Waals surface area contributed by atoms with Gasteiger partial charge in [-0.2, -0.15) is 0 Å². The van der Waals surface area contributed by atoms with Crippen molar-refractivity contribution in [1.82, 2.24) is 0 Å². The minimum Gasteiger partial charge on any atom is -0.461 e. The highest BCUT2D eigenvalue weighted by Gasteiger charge is 2.61. The number of fused-ring (bicyclic) bond motifs is 3. The quantitative estimate of drug-likeness (QED) is 0.284. The number of hydrogen-bond acceptors (Lipinski definition) is 9. The number of ether oxygens (including phenoxy) is 4. The maximum atomic E-state index is 13.2. The van der Waals surface area contributed by atoms with E-state index in [1.807, 2.05) is 20.8 Å². The molecule has 3 aliphatic carbocycles. The molecule has 1 N–H and O–H groups in total. The van der Waals surface area contributed by atoms with Gasteiger partial charge in [0.15, 0.2) is 0 Å². The van der Waals surface area contributed by atoms with Crippen LogP contribution in [0.2, 0.25) is 0 Å². The first-order chi connectivity index (χ1) is 18.4. The zero-order valence-electron chi connectivity index (χ0n) is 25.4. The average Bonchev–Trinajstić information content (AvgIpc) is 2.77. The fourth-order valence-corrected chi connectivity index (χ4v) is 7.60. The largest absolute Gasteiger partial charge is 0.461 e. The molecule has 0 radical (unpaired) electrons. The first-order valence-corrected chi connectivity index (χ1v) is 14.2. The van der Waals surface area contributed by atoms with Crippen molar-refractivity contribution in [3.05, 3.63) is 23.3 Å². The second kappa shape index (κ2) is 11.7. The van der Waals surface area contributed by atoms with Gasteiger partial charge in [-0.15, -0.1) is 0 Å². The summed E-state index contributed by atoms with van der Waals surface area (Å²) >= 11 is 0. The third-order valence-electron chi connectivity index (χ3n) is 9.37. The summed E-state index contributed by atoms with van der Waals surface area (Å²) in [4.78, 5) is 50.2. The molecule has 3 rings (SSSR count). The Morgan fingerprint density at radius 3 is 2.00 bits per heavy atom. The molecule has 224 valence electrons. The van der Waals surface area contributed by atoms with E-state index in [0.29, 0.717) is 31.3 Å². The molecule has 9 nitrogen and oxygen atoms in total. The molecule has 0 aromatic rings. The van der Waals surface area contributed by atoms with Crippen molar-refractivity contribution in [2.45, 2.75) is 119 Å². The number of aliphatic hydroxyl groups excluding tert-OH is 1. The average molecular weight is 563 g/mol. The monoisotopic (exact) mass is 562 g/mol. The van der Waals surface area contributed by atoms with Gasteiger partial charge < -0.3 is 24.1 Å². The Kier molecular flexibility index (Phi) is 9.29. The van der Waals surface area contributed by atoms with E-state index in [2.05, 4.69) is 13.5 Å². The molecule has 3 aliphatic rings. The van der Waals surface area contributed by atoms with Gasteiger partial charge in [-0.25, -0.2) is 0 Å². The minimum atomic E-state index is -0.905. The van der Waals surface area contributed by atoms with Gasteiger partial charge in [0.1, 0.15) is 24.4 Å². The second-order valence-corrected chi connectivity index (χ2v) is 12.9. The molecule has 0 aromatic carbocycles. The Morgan fingerprint density at radius 2 is 1.48 bits per heavy atom. The van der Waals surface area contributed by atoms with Crippen LogP contribution in [0.5, 0.6) is 0 Å². The number of esters is 4. The normalized spacial score (nSPS) is 34.8. The van der Waals surface area contributed by atoms with Crippen molar-refractivity contribution < 1.29 is 43.2 Å². The van der Waals surface area contributed by atoms with E-state index in [9.17, 15) is 24.3 Å². The van der Waals surface area contributed by atoms with Crippen LogP contribution >= 0.6 is 0 Å². The van der Waals surface area contributed by atoms with Crippen LogP contribution in [0.1, 0.15) is 88.0 Å². The maximum Gasteiger partial charge on any atom is 0.311 e. The zero-order chi connectivity index (χ0) is 30.3. The van der Waals surface area contributed by atoms with Crippen molar-refractivity contribution in [1.29, 1.82) is 0 Å². The molecule has 2 saturated carbocycles. The number of carbonyl (C=O) groups is 4. The van der Waals surface area contributed by atoms with Crippen LogP contribution in [0, 0.1) is 28.6 Å². The molecule has 2 unspecified atom stereocenters. The Morgan fingerprint density at radius 1 is 0.925 bits per heavy atom. The fraction of sp³-hybridized carbons (Fsp3) is 0.742. The van der Waals surface area contributed by atoms with Gasteiger partial charge in [-0.1, -0.05) is 32.9 Å². The van der Waals surface area contributed by atoms with Crippen LogP contribution in [0.4, 0.5) is 0 Å². The lowest BCUT2D eigenvalue weighted by molar-refractivity contribution is -0.189. The van der Waals surface area contributed by atoms with Crippen LogP contribution in [-0.4, -0.2) is 59.5 Å². The molecule has 0 aromatic heterocycles. The van der Waals surface area contributed by atoms with Gasteiger partial charge in [-0.05, 0) is 62.0 Å². The predicted molar refractivity (Wildman–Crippen MR) is 147 cm³/mol. The van der Waals surface area contributed by atoms with Crippen LogP contribution in [0.15, 0.2) is 23.3 Å². The van der Waals surface area contributed by atoms with Gasteiger partial charge in [0.2, 0.25) is 0 Å². The van der Waals surface area contributed by atoms with Crippen LogP contribution < -0.4 is 0 Å². The minimum absolute atomic E-state index is 0.348. The highest BCUT2D eigenvalue weighted by Crippen LogP contribution is 2.60. The highest BCUT2D eigenvalue weighted by atomic mass is 16.6. The Balaban J connectivity index is 2.27. The van der Waals surface area contributed by atoms with Crippen molar-refractivity contribution in [2.75, 3.05) is 0 Å². The topological polar surface area (TPSA) is 125 Å². The molecule has 0 heterocycles. The highest BCUT2D eigenvalue weighted by molar-refractivity contribution is 5.73. The molecular formula is C31H46O9. The lowest BCUT2D eigenvalue weighted by atomic mass is 9.50. The van der Waals surface area contributed by atoms with Gasteiger partial charge in [0.05, 0.1) is 12.0 Å². The molecule has 9 atom stereocenters. The van der Waals surface area contributed by atoms with E-state index in [-0.39, 0.29) is 0 Å². The zero-order valence-corrected chi connectivity index (χ0v) is 25.4. The SMILES string of the molecule is C=C1[C@@H](OC(C)=O)CC[C@@]2(C)C[C@H](OC(C)=O)C3=C(C)C[C@H](OC(=O)C(C)C(C)O)[C@@H]([C@@H](OC(C)=O)[C@H]12)C3(C)C. The van der Waals surface area contributed by atoms with Crippen molar-refractivity contribution in [3.63, 3.8) is 0 Å². The lowest BCUT2D eigenvalue weighted by Crippen LogP contribution is -2.60. The van der Waals surface area contributed by atoms with E-state index < -0.39 is 83.0 Å². The summed E-state index contributed by atoms with van der Waals surface area (Å²) in [6, 6.07) is 0. The smallest absolute Gasteiger partial charge is 0.311 e. The molecule has 2 bridgehead atoms. The Bertz CT molecular complexity index is 1090. The fourth-order valence-electron chi connectivity index (χ4n) is 7.60. The summed E-state index contributed by atoms with van der Waals surface area (Å²) in [6.07, 6.45) is -1.55. The van der Waals surface area contributed by atoms with Crippen LogP contribution in [-0.2, 0) is 38.1 Å². The van der Waals surface area contributed by atoms with Crippen molar-refractivity contribution in [3.8, 4) is 0 Å². The van der Waals surface area contributed by atoms with E-state index in [0.717, 1.165) is 11.1 Å². The summed E-state index contributed by atoms with van der Waals surface area (Å²) < 4.78 is 23.9. The Hall–Kier alpha value is -2.68. The number of rotatable bonds is 6. The van der Waals surface area contributed by atoms with Gasteiger partial charge in [0, 0.05) is 39.0 Å². The summed E-state index contributed by atoms with van der Waals surface area (Å²) in [5.41, 5.74) is 1.23. The molecule has 40 heavy (non-hydrogen) atoms. The van der Waals surface area contributed by atoms with Gasteiger partial charge in [-0.3, -0.25) is 19.2 Å². The molecule has 0 amide bonds. The third-order valence-corrected chi connectivity index (χ3v) is 9.37. The first kappa shape index (κ1) is 31.8. The van der Waals surface area contributed by atoms with Crippen molar-refractivity contribution >= 4 is 23.9 Å². The Labute approximate surface area is 237 Å². The van der Waals surface area contributed by atoms with Gasteiger partial charge in [0.25, 0.3) is 0 Å². The maximum absolute atomic E-state index is 13.2. The number of hydrogen-bond donors (Lipinski definition) is 1. The molecule has 0 aliphatic heterocycles. The molecular weight excluding hydrogens is 516 g/mol. The van der Waals surface area contributed by atoms with Crippen LogP contribution in [0.3, 0.4) is 0 Å². The summed E-state index contributed by atoms with van der Waals surface area (Å²) in [7, 11) is 0. The summed E-state index contributed by atoms with van der Waals surface area (Å²) in [5.74, 6) is -3.65. The second-order valence-electron chi connectivity index (χ2n) is 12.9. The standard InChI is InChI=1S/C31H46O9/c1-15-13-23(40-29(36)16(2)18(4)32)27-28(39-21(7)35)26-17(3)22(37-19(5)33)11-12-31(26,10)14-24(38-20(6)34)25(15)30(27,8)9/h16,18,22-24,26-28,32H,3,11-14H2,1-2,4-10H3/t16?,18?,22-,23-,24-,26-,27-,28-,31-/m0/s1.